The second kappa shape index (κ2) is 4.58. The summed E-state index contributed by atoms with van der Waals surface area (Å²) in [6, 6.07) is 8.69. The Kier molecular flexibility index (Phi) is 3.17. The summed E-state index contributed by atoms with van der Waals surface area (Å²) in [4.78, 5) is 0. The van der Waals surface area contributed by atoms with Crippen LogP contribution >= 0.6 is 0 Å². The summed E-state index contributed by atoms with van der Waals surface area (Å²) in [7, 11) is 0. The fourth-order valence-corrected chi connectivity index (χ4v) is 1.74. The smallest absolute Gasteiger partial charge is 0.0740 e. The monoisotopic (exact) mass is 191 g/mol. The largest absolute Gasteiger partial charge is 0.375 e. The van der Waals surface area contributed by atoms with Crippen molar-refractivity contribution >= 4 is 0 Å². The molecule has 1 aliphatic heterocycles. The minimum absolute atomic E-state index is 0.353. The maximum atomic E-state index is 5.65. The molecular weight excluding hydrogens is 174 g/mol. The highest BCUT2D eigenvalue weighted by molar-refractivity contribution is 5.21. The van der Waals surface area contributed by atoms with E-state index in [1.54, 1.807) is 0 Å². The van der Waals surface area contributed by atoms with Crippen molar-refractivity contribution in [3.05, 3.63) is 35.4 Å². The van der Waals surface area contributed by atoms with Crippen LogP contribution in [0.1, 0.15) is 11.1 Å². The van der Waals surface area contributed by atoms with E-state index in [-0.39, 0.29) is 0 Å². The van der Waals surface area contributed by atoms with Gasteiger partial charge in [-0.05, 0) is 18.9 Å². The van der Waals surface area contributed by atoms with E-state index in [0.717, 1.165) is 26.1 Å². The summed E-state index contributed by atoms with van der Waals surface area (Å²) in [6.45, 7) is 4.93. The number of benzene rings is 1. The summed E-state index contributed by atoms with van der Waals surface area (Å²) < 4.78 is 5.65. The number of hydrogen-bond donors (Lipinski definition) is 1. The molecule has 0 spiro atoms. The molecule has 1 heterocycles. The van der Waals surface area contributed by atoms with E-state index < -0.39 is 0 Å². The molecule has 0 aliphatic carbocycles. The summed E-state index contributed by atoms with van der Waals surface area (Å²) in [6.07, 6.45) is 1.37. The quantitative estimate of drug-likeness (QED) is 0.765. The fraction of sp³-hybridized carbons (Fsp3) is 0.500. The molecule has 14 heavy (non-hydrogen) atoms. The molecule has 0 saturated carbocycles. The van der Waals surface area contributed by atoms with Crippen LogP contribution in [0.4, 0.5) is 0 Å². The summed E-state index contributed by atoms with van der Waals surface area (Å²) in [5.74, 6) is 0. The first-order valence-corrected chi connectivity index (χ1v) is 5.22. The summed E-state index contributed by atoms with van der Waals surface area (Å²) in [5, 5.41) is 3.34. The highest BCUT2D eigenvalue weighted by atomic mass is 16.5. The predicted molar refractivity (Wildman–Crippen MR) is 57.5 cm³/mol. The highest BCUT2D eigenvalue weighted by Crippen LogP contribution is 2.09. The highest BCUT2D eigenvalue weighted by Gasteiger charge is 2.13. The van der Waals surface area contributed by atoms with Gasteiger partial charge in [-0.3, -0.25) is 0 Å². The Morgan fingerprint density at radius 1 is 1.36 bits per heavy atom. The van der Waals surface area contributed by atoms with Gasteiger partial charge in [0.2, 0.25) is 0 Å². The molecule has 1 N–H and O–H groups in total. The van der Waals surface area contributed by atoms with Gasteiger partial charge < -0.3 is 10.1 Å². The third-order valence-electron chi connectivity index (χ3n) is 2.59. The Hall–Kier alpha value is -0.860. The number of rotatable bonds is 2. The summed E-state index contributed by atoms with van der Waals surface area (Å²) >= 11 is 0. The number of aryl methyl sites for hydroxylation is 1. The Balaban J connectivity index is 1.92. The molecule has 1 aliphatic rings. The number of morpholine rings is 1. The maximum absolute atomic E-state index is 5.65. The molecular formula is C12H17NO. The number of ether oxygens (including phenoxy) is 1. The molecule has 0 bridgehead atoms. The minimum Gasteiger partial charge on any atom is -0.375 e. The molecule has 2 rings (SSSR count). The van der Waals surface area contributed by atoms with Crippen molar-refractivity contribution in [2.75, 3.05) is 19.7 Å². The van der Waals surface area contributed by atoms with Crippen molar-refractivity contribution in [3.8, 4) is 0 Å². The Morgan fingerprint density at radius 3 is 2.79 bits per heavy atom. The molecule has 1 atom stereocenters. The molecule has 2 heteroatoms. The molecule has 76 valence electrons. The van der Waals surface area contributed by atoms with E-state index in [2.05, 4.69) is 36.5 Å². The van der Waals surface area contributed by atoms with Crippen LogP contribution in [0.3, 0.4) is 0 Å². The fourth-order valence-electron chi connectivity index (χ4n) is 1.74. The molecule has 0 radical (unpaired) electrons. The van der Waals surface area contributed by atoms with Crippen LogP contribution in [-0.2, 0) is 11.2 Å². The van der Waals surface area contributed by atoms with Gasteiger partial charge in [0.05, 0.1) is 12.7 Å². The third kappa shape index (κ3) is 2.56. The van der Waals surface area contributed by atoms with E-state index in [4.69, 9.17) is 4.74 Å². The second-order valence-corrected chi connectivity index (χ2v) is 3.89. The first-order chi connectivity index (χ1) is 6.84. The molecule has 1 saturated heterocycles. The summed E-state index contributed by atoms with van der Waals surface area (Å²) in [5.41, 5.74) is 2.68. The Labute approximate surface area is 85.3 Å². The van der Waals surface area contributed by atoms with Crippen LogP contribution < -0.4 is 5.32 Å². The van der Waals surface area contributed by atoms with E-state index in [1.165, 1.54) is 11.1 Å². The molecule has 1 fully saturated rings. The molecule has 1 unspecified atom stereocenters. The SMILES string of the molecule is Cc1ccc(CC2CNCCO2)cc1. The molecule has 1 aromatic carbocycles. The van der Waals surface area contributed by atoms with Gasteiger partial charge >= 0.3 is 0 Å². The third-order valence-corrected chi connectivity index (χ3v) is 2.59. The van der Waals surface area contributed by atoms with E-state index in [1.807, 2.05) is 0 Å². The van der Waals surface area contributed by atoms with E-state index in [0.29, 0.717) is 6.10 Å². The van der Waals surface area contributed by atoms with Crippen molar-refractivity contribution in [3.63, 3.8) is 0 Å². The second-order valence-electron chi connectivity index (χ2n) is 3.89. The van der Waals surface area contributed by atoms with Crippen molar-refractivity contribution in [1.82, 2.24) is 5.32 Å². The predicted octanol–water partition coefficient (Wildman–Crippen LogP) is 1.53. The lowest BCUT2D eigenvalue weighted by molar-refractivity contribution is 0.0292. The van der Waals surface area contributed by atoms with Gasteiger partial charge in [-0.15, -0.1) is 0 Å². The molecule has 0 amide bonds. The van der Waals surface area contributed by atoms with Gasteiger partial charge in [0, 0.05) is 13.1 Å². The van der Waals surface area contributed by atoms with E-state index in [9.17, 15) is 0 Å². The lowest BCUT2D eigenvalue weighted by Gasteiger charge is -2.23. The zero-order chi connectivity index (χ0) is 9.80. The molecule has 1 aromatic rings. The van der Waals surface area contributed by atoms with Gasteiger partial charge in [0.1, 0.15) is 0 Å². The zero-order valence-electron chi connectivity index (χ0n) is 8.62. The van der Waals surface area contributed by atoms with Crippen LogP contribution in [0, 0.1) is 6.92 Å². The minimum atomic E-state index is 0.353. The van der Waals surface area contributed by atoms with Crippen molar-refractivity contribution in [2.24, 2.45) is 0 Å². The normalized spacial score (nSPS) is 22.2. The van der Waals surface area contributed by atoms with Crippen LogP contribution in [-0.4, -0.2) is 25.8 Å². The zero-order valence-corrected chi connectivity index (χ0v) is 8.62. The van der Waals surface area contributed by atoms with Crippen molar-refractivity contribution in [2.45, 2.75) is 19.4 Å². The first kappa shape index (κ1) is 9.69. The number of nitrogens with one attached hydrogen (secondary N) is 1. The van der Waals surface area contributed by atoms with Gasteiger partial charge in [0.25, 0.3) is 0 Å². The Bertz CT molecular complexity index is 275. The van der Waals surface area contributed by atoms with Crippen LogP contribution in [0.2, 0.25) is 0 Å². The van der Waals surface area contributed by atoms with Gasteiger partial charge in [0.15, 0.2) is 0 Å². The van der Waals surface area contributed by atoms with E-state index >= 15 is 0 Å². The van der Waals surface area contributed by atoms with Crippen LogP contribution in [0.5, 0.6) is 0 Å². The molecule has 2 nitrogen and oxygen atoms in total. The average Bonchev–Trinajstić information content (AvgIpc) is 2.23. The van der Waals surface area contributed by atoms with Crippen molar-refractivity contribution < 1.29 is 4.74 Å². The lowest BCUT2D eigenvalue weighted by atomic mass is 10.1. The van der Waals surface area contributed by atoms with Crippen LogP contribution in [0.15, 0.2) is 24.3 Å². The average molecular weight is 191 g/mol. The number of hydrogen-bond acceptors (Lipinski definition) is 2. The maximum Gasteiger partial charge on any atom is 0.0740 e. The first-order valence-electron chi connectivity index (χ1n) is 5.22. The standard InChI is InChI=1S/C12H17NO/c1-10-2-4-11(5-3-10)8-12-9-13-6-7-14-12/h2-5,12-13H,6-9H2,1H3. The Morgan fingerprint density at radius 2 is 2.14 bits per heavy atom. The van der Waals surface area contributed by atoms with Crippen LogP contribution in [0.25, 0.3) is 0 Å². The topological polar surface area (TPSA) is 21.3 Å². The van der Waals surface area contributed by atoms with Crippen molar-refractivity contribution in [1.29, 1.82) is 0 Å². The van der Waals surface area contributed by atoms with Gasteiger partial charge in [-0.25, -0.2) is 0 Å². The lowest BCUT2D eigenvalue weighted by Crippen LogP contribution is -2.39. The van der Waals surface area contributed by atoms with Gasteiger partial charge in [-0.1, -0.05) is 29.8 Å². The van der Waals surface area contributed by atoms with Gasteiger partial charge in [-0.2, -0.15) is 0 Å². The molecule has 0 aromatic heterocycles.